The van der Waals surface area contributed by atoms with Gasteiger partial charge in [0.25, 0.3) is 0 Å². The summed E-state index contributed by atoms with van der Waals surface area (Å²) >= 11 is 0. The van der Waals surface area contributed by atoms with E-state index >= 15 is 0 Å². The molecule has 3 nitrogen and oxygen atoms in total. The van der Waals surface area contributed by atoms with E-state index in [0.717, 1.165) is 22.4 Å². The minimum Gasteiger partial charge on any atom is -0.465 e. The van der Waals surface area contributed by atoms with Crippen LogP contribution in [0.3, 0.4) is 0 Å². The number of methoxy groups -OCH3 is 1. The average Bonchev–Trinajstić information content (AvgIpc) is 2.41. The van der Waals surface area contributed by atoms with Crippen molar-refractivity contribution < 1.29 is 9.53 Å². The number of hydrogen-bond acceptors (Lipinski definition) is 3. The summed E-state index contributed by atoms with van der Waals surface area (Å²) in [6.07, 6.45) is 0. The van der Waals surface area contributed by atoms with Crippen molar-refractivity contribution in [2.45, 2.75) is 6.92 Å². The van der Waals surface area contributed by atoms with Gasteiger partial charge in [-0.2, -0.15) is 0 Å². The molecule has 0 unspecified atom stereocenters. The lowest BCUT2D eigenvalue weighted by Crippen LogP contribution is -2.00. The maximum atomic E-state index is 11.5. The van der Waals surface area contributed by atoms with Crippen LogP contribution in [0.5, 0.6) is 0 Å². The van der Waals surface area contributed by atoms with Gasteiger partial charge in [0.15, 0.2) is 0 Å². The number of rotatable bonds is 2. The zero-order valence-corrected chi connectivity index (χ0v) is 10.4. The number of aryl methyl sites for hydroxylation is 1. The number of esters is 1. The molecule has 2 rings (SSSR count). The summed E-state index contributed by atoms with van der Waals surface area (Å²) < 4.78 is 4.71. The molecule has 0 aromatic heterocycles. The SMILES string of the molecule is COC(=O)c1cccc(-c2ccc(N)c(C)c2)c1. The quantitative estimate of drug-likeness (QED) is 0.649. The standard InChI is InChI=1S/C15H15NO2/c1-10-8-12(6-7-14(10)16)11-4-3-5-13(9-11)15(17)18-2/h3-9H,16H2,1-2H3. The summed E-state index contributed by atoms with van der Waals surface area (Å²) in [6, 6.07) is 13.2. The molecule has 2 N–H and O–H groups in total. The Morgan fingerprint density at radius 3 is 2.50 bits per heavy atom. The normalized spacial score (nSPS) is 10.1. The Bertz CT molecular complexity index is 591. The van der Waals surface area contributed by atoms with Crippen LogP contribution in [-0.4, -0.2) is 13.1 Å². The maximum Gasteiger partial charge on any atom is 0.337 e. The lowest BCUT2D eigenvalue weighted by atomic mass is 10.0. The molecule has 0 atom stereocenters. The van der Waals surface area contributed by atoms with Crippen molar-refractivity contribution in [3.8, 4) is 11.1 Å². The largest absolute Gasteiger partial charge is 0.465 e. The fourth-order valence-electron chi connectivity index (χ4n) is 1.80. The van der Waals surface area contributed by atoms with Crippen molar-refractivity contribution in [3.63, 3.8) is 0 Å². The number of carbonyl (C=O) groups excluding carboxylic acids is 1. The van der Waals surface area contributed by atoms with Crippen LogP contribution in [0.25, 0.3) is 11.1 Å². The van der Waals surface area contributed by atoms with E-state index in [0.29, 0.717) is 5.56 Å². The van der Waals surface area contributed by atoms with Crippen LogP contribution in [-0.2, 0) is 4.74 Å². The fraction of sp³-hybridized carbons (Fsp3) is 0.133. The Labute approximate surface area is 106 Å². The van der Waals surface area contributed by atoms with E-state index in [-0.39, 0.29) is 5.97 Å². The molecular formula is C15H15NO2. The summed E-state index contributed by atoms with van der Waals surface area (Å²) in [7, 11) is 1.38. The fourth-order valence-corrected chi connectivity index (χ4v) is 1.80. The van der Waals surface area contributed by atoms with Crippen LogP contribution in [0.15, 0.2) is 42.5 Å². The molecule has 0 aliphatic heterocycles. The average molecular weight is 241 g/mol. The van der Waals surface area contributed by atoms with Gasteiger partial charge in [0, 0.05) is 5.69 Å². The van der Waals surface area contributed by atoms with Crippen molar-refractivity contribution in [3.05, 3.63) is 53.6 Å². The van der Waals surface area contributed by atoms with Crippen LogP contribution < -0.4 is 5.73 Å². The van der Waals surface area contributed by atoms with Crippen LogP contribution in [0.2, 0.25) is 0 Å². The monoisotopic (exact) mass is 241 g/mol. The zero-order valence-electron chi connectivity index (χ0n) is 10.4. The first kappa shape index (κ1) is 12.2. The molecule has 2 aromatic carbocycles. The lowest BCUT2D eigenvalue weighted by molar-refractivity contribution is 0.0601. The van der Waals surface area contributed by atoms with Crippen molar-refractivity contribution in [1.82, 2.24) is 0 Å². The zero-order chi connectivity index (χ0) is 13.1. The van der Waals surface area contributed by atoms with Gasteiger partial charge in [0.05, 0.1) is 12.7 Å². The van der Waals surface area contributed by atoms with E-state index in [1.807, 2.05) is 43.3 Å². The Hall–Kier alpha value is -2.29. The van der Waals surface area contributed by atoms with E-state index in [1.165, 1.54) is 7.11 Å². The minimum absolute atomic E-state index is 0.330. The molecule has 0 heterocycles. The Balaban J connectivity index is 2.44. The van der Waals surface area contributed by atoms with Gasteiger partial charge in [0.1, 0.15) is 0 Å². The summed E-state index contributed by atoms with van der Waals surface area (Å²) in [5.41, 5.74) is 10.1. The van der Waals surface area contributed by atoms with E-state index in [1.54, 1.807) is 6.07 Å². The first-order valence-corrected chi connectivity index (χ1v) is 5.66. The topological polar surface area (TPSA) is 52.3 Å². The molecule has 0 aliphatic rings. The van der Waals surface area contributed by atoms with Crippen molar-refractivity contribution in [2.24, 2.45) is 0 Å². The molecule has 92 valence electrons. The van der Waals surface area contributed by atoms with Crippen molar-refractivity contribution in [2.75, 3.05) is 12.8 Å². The van der Waals surface area contributed by atoms with Gasteiger partial charge in [-0.25, -0.2) is 4.79 Å². The molecular weight excluding hydrogens is 226 g/mol. The van der Waals surface area contributed by atoms with Gasteiger partial charge < -0.3 is 10.5 Å². The molecule has 0 radical (unpaired) electrons. The van der Waals surface area contributed by atoms with Gasteiger partial charge in [-0.05, 0) is 47.9 Å². The van der Waals surface area contributed by atoms with Crippen molar-refractivity contribution in [1.29, 1.82) is 0 Å². The Morgan fingerprint density at radius 1 is 1.11 bits per heavy atom. The third-order valence-corrected chi connectivity index (χ3v) is 2.89. The molecule has 3 heteroatoms. The number of carbonyl (C=O) groups is 1. The van der Waals surface area contributed by atoms with Gasteiger partial charge >= 0.3 is 5.97 Å². The number of nitrogen functional groups attached to an aromatic ring is 1. The highest BCUT2D eigenvalue weighted by molar-refractivity contribution is 5.91. The second kappa shape index (κ2) is 4.92. The van der Waals surface area contributed by atoms with E-state index in [4.69, 9.17) is 10.5 Å². The second-order valence-corrected chi connectivity index (χ2v) is 4.14. The summed E-state index contributed by atoms with van der Waals surface area (Å²) in [4.78, 5) is 11.5. The first-order valence-electron chi connectivity index (χ1n) is 5.66. The number of anilines is 1. The summed E-state index contributed by atoms with van der Waals surface area (Å²) in [5.74, 6) is -0.330. The van der Waals surface area contributed by atoms with E-state index in [2.05, 4.69) is 0 Å². The van der Waals surface area contributed by atoms with Gasteiger partial charge in [-0.1, -0.05) is 18.2 Å². The molecule has 0 saturated carbocycles. The van der Waals surface area contributed by atoms with Crippen LogP contribution >= 0.6 is 0 Å². The lowest BCUT2D eigenvalue weighted by Gasteiger charge is -2.07. The van der Waals surface area contributed by atoms with Gasteiger partial charge in [-0.15, -0.1) is 0 Å². The maximum absolute atomic E-state index is 11.5. The summed E-state index contributed by atoms with van der Waals surface area (Å²) in [6.45, 7) is 1.96. The second-order valence-electron chi connectivity index (χ2n) is 4.14. The Kier molecular flexibility index (Phi) is 3.33. The highest BCUT2D eigenvalue weighted by atomic mass is 16.5. The predicted octanol–water partition coefficient (Wildman–Crippen LogP) is 3.03. The molecule has 0 amide bonds. The van der Waals surface area contributed by atoms with E-state index in [9.17, 15) is 4.79 Å². The third-order valence-electron chi connectivity index (χ3n) is 2.89. The van der Waals surface area contributed by atoms with Gasteiger partial charge in [0.2, 0.25) is 0 Å². The molecule has 0 bridgehead atoms. The molecule has 0 fully saturated rings. The number of ether oxygens (including phenoxy) is 1. The number of benzene rings is 2. The third kappa shape index (κ3) is 2.35. The first-order chi connectivity index (χ1) is 8.61. The smallest absolute Gasteiger partial charge is 0.337 e. The van der Waals surface area contributed by atoms with Crippen LogP contribution in [0.4, 0.5) is 5.69 Å². The molecule has 18 heavy (non-hydrogen) atoms. The van der Waals surface area contributed by atoms with Gasteiger partial charge in [-0.3, -0.25) is 0 Å². The molecule has 2 aromatic rings. The highest BCUT2D eigenvalue weighted by Crippen LogP contribution is 2.24. The van der Waals surface area contributed by atoms with Crippen LogP contribution in [0, 0.1) is 6.92 Å². The number of hydrogen-bond donors (Lipinski definition) is 1. The molecule has 0 aliphatic carbocycles. The summed E-state index contributed by atoms with van der Waals surface area (Å²) in [5, 5.41) is 0. The van der Waals surface area contributed by atoms with Crippen LogP contribution in [0.1, 0.15) is 15.9 Å². The predicted molar refractivity (Wildman–Crippen MR) is 72.4 cm³/mol. The minimum atomic E-state index is -0.330. The number of nitrogens with two attached hydrogens (primary N) is 1. The molecule has 0 saturated heterocycles. The van der Waals surface area contributed by atoms with E-state index < -0.39 is 0 Å². The Morgan fingerprint density at radius 2 is 1.83 bits per heavy atom. The molecule has 0 spiro atoms. The van der Waals surface area contributed by atoms with Crippen molar-refractivity contribution >= 4 is 11.7 Å². The highest BCUT2D eigenvalue weighted by Gasteiger charge is 2.07.